The van der Waals surface area contributed by atoms with Gasteiger partial charge in [0.05, 0.1) is 19.6 Å². The molecule has 3 atom stereocenters. The van der Waals surface area contributed by atoms with Crippen molar-refractivity contribution in [2.24, 2.45) is 5.92 Å². The number of carbonyl (C=O) groups excluding carboxylic acids is 1. The Bertz CT molecular complexity index is 302. The van der Waals surface area contributed by atoms with Gasteiger partial charge in [0, 0.05) is 25.7 Å². The average Bonchev–Trinajstić information content (AvgIpc) is 2.96. The summed E-state index contributed by atoms with van der Waals surface area (Å²) in [6.45, 7) is 5.03. The van der Waals surface area contributed by atoms with Gasteiger partial charge in [0.2, 0.25) is 0 Å². The second-order valence-electron chi connectivity index (χ2n) is 6.38. The molecule has 0 aromatic heterocycles. The highest BCUT2D eigenvalue weighted by Gasteiger charge is 2.28. The van der Waals surface area contributed by atoms with Gasteiger partial charge in [-0.3, -0.25) is 9.69 Å². The zero-order valence-electron chi connectivity index (χ0n) is 13.0. The second-order valence-corrected chi connectivity index (χ2v) is 6.38. The molecular formula is C16H29NO3. The van der Waals surface area contributed by atoms with E-state index in [0.717, 1.165) is 32.0 Å². The van der Waals surface area contributed by atoms with Gasteiger partial charge in [-0.15, -0.1) is 0 Å². The molecule has 2 aliphatic rings. The Morgan fingerprint density at radius 1 is 1.30 bits per heavy atom. The van der Waals surface area contributed by atoms with Crippen LogP contribution in [0.25, 0.3) is 0 Å². The van der Waals surface area contributed by atoms with Crippen LogP contribution in [-0.2, 0) is 14.3 Å². The Morgan fingerprint density at radius 2 is 2.15 bits per heavy atom. The molecule has 1 saturated carbocycles. The number of ether oxygens (including phenoxy) is 2. The van der Waals surface area contributed by atoms with E-state index >= 15 is 0 Å². The van der Waals surface area contributed by atoms with Crippen molar-refractivity contribution in [3.8, 4) is 0 Å². The first-order chi connectivity index (χ1) is 9.69. The molecule has 0 spiro atoms. The molecule has 2 rings (SSSR count). The number of nitrogens with zero attached hydrogens (tertiary/aromatic N) is 1. The van der Waals surface area contributed by atoms with Crippen molar-refractivity contribution < 1.29 is 14.3 Å². The lowest BCUT2D eigenvalue weighted by atomic mass is 9.86. The molecule has 0 amide bonds. The third-order valence-corrected chi connectivity index (χ3v) is 4.72. The van der Waals surface area contributed by atoms with Crippen molar-refractivity contribution >= 4 is 5.97 Å². The highest BCUT2D eigenvalue weighted by molar-refractivity contribution is 5.69. The summed E-state index contributed by atoms with van der Waals surface area (Å²) in [4.78, 5) is 13.9. The van der Waals surface area contributed by atoms with Crippen molar-refractivity contribution in [2.75, 3.05) is 26.8 Å². The Morgan fingerprint density at radius 3 is 2.80 bits per heavy atom. The van der Waals surface area contributed by atoms with Gasteiger partial charge < -0.3 is 9.47 Å². The Kier molecular flexibility index (Phi) is 6.30. The van der Waals surface area contributed by atoms with Crippen LogP contribution in [0.15, 0.2) is 0 Å². The Balaban J connectivity index is 1.88. The Labute approximate surface area is 122 Å². The SMILES string of the molecule is COC(=O)CCN(CC1CCCO1)C1CCCC(C)C1. The minimum atomic E-state index is -0.105. The van der Waals surface area contributed by atoms with Crippen LogP contribution in [0.2, 0.25) is 0 Å². The molecule has 2 fully saturated rings. The van der Waals surface area contributed by atoms with E-state index in [1.165, 1.54) is 39.2 Å². The van der Waals surface area contributed by atoms with Gasteiger partial charge >= 0.3 is 5.97 Å². The molecule has 20 heavy (non-hydrogen) atoms. The first-order valence-electron chi connectivity index (χ1n) is 8.11. The first kappa shape index (κ1) is 15.8. The lowest BCUT2D eigenvalue weighted by Gasteiger charge is -2.37. The van der Waals surface area contributed by atoms with Crippen LogP contribution < -0.4 is 0 Å². The normalized spacial score (nSPS) is 30.6. The predicted molar refractivity (Wildman–Crippen MR) is 78.6 cm³/mol. The predicted octanol–water partition coefficient (Wildman–Crippen LogP) is 2.61. The van der Waals surface area contributed by atoms with Crippen LogP contribution >= 0.6 is 0 Å². The van der Waals surface area contributed by atoms with Crippen LogP contribution in [-0.4, -0.2) is 49.8 Å². The van der Waals surface area contributed by atoms with Gasteiger partial charge in [0.1, 0.15) is 0 Å². The van der Waals surface area contributed by atoms with Gasteiger partial charge in [0.25, 0.3) is 0 Å². The molecule has 116 valence electrons. The van der Waals surface area contributed by atoms with E-state index in [1.54, 1.807) is 0 Å². The molecule has 4 heteroatoms. The van der Waals surface area contributed by atoms with Crippen molar-refractivity contribution in [3.05, 3.63) is 0 Å². The number of methoxy groups -OCH3 is 1. The zero-order valence-corrected chi connectivity index (χ0v) is 13.0. The maximum atomic E-state index is 11.4. The molecular weight excluding hydrogens is 254 g/mol. The molecule has 0 bridgehead atoms. The highest BCUT2D eigenvalue weighted by Crippen LogP contribution is 2.28. The van der Waals surface area contributed by atoms with Crippen LogP contribution in [0.5, 0.6) is 0 Å². The smallest absolute Gasteiger partial charge is 0.306 e. The fraction of sp³-hybridized carbons (Fsp3) is 0.938. The minimum absolute atomic E-state index is 0.105. The molecule has 1 saturated heterocycles. The van der Waals surface area contributed by atoms with E-state index < -0.39 is 0 Å². The molecule has 1 aliphatic carbocycles. The first-order valence-corrected chi connectivity index (χ1v) is 8.11. The van der Waals surface area contributed by atoms with Crippen LogP contribution in [0.3, 0.4) is 0 Å². The van der Waals surface area contributed by atoms with Gasteiger partial charge in [-0.2, -0.15) is 0 Å². The topological polar surface area (TPSA) is 38.8 Å². The lowest BCUT2D eigenvalue weighted by molar-refractivity contribution is -0.141. The van der Waals surface area contributed by atoms with Crippen molar-refractivity contribution in [3.63, 3.8) is 0 Å². The summed E-state index contributed by atoms with van der Waals surface area (Å²) in [5.41, 5.74) is 0. The number of esters is 1. The summed E-state index contributed by atoms with van der Waals surface area (Å²) in [7, 11) is 1.47. The fourth-order valence-corrected chi connectivity index (χ4v) is 3.54. The fourth-order valence-electron chi connectivity index (χ4n) is 3.54. The standard InChI is InChI=1S/C16H29NO3/c1-13-5-3-6-14(11-13)17(9-8-16(18)19-2)12-15-7-4-10-20-15/h13-15H,3-12H2,1-2H3. The number of rotatable bonds is 6. The highest BCUT2D eigenvalue weighted by atomic mass is 16.5. The summed E-state index contributed by atoms with van der Waals surface area (Å²) in [5.74, 6) is 0.699. The summed E-state index contributed by atoms with van der Waals surface area (Å²) < 4.78 is 10.6. The van der Waals surface area contributed by atoms with E-state index in [2.05, 4.69) is 11.8 Å². The number of carbonyl (C=O) groups is 1. The second kappa shape index (κ2) is 7.99. The maximum absolute atomic E-state index is 11.4. The summed E-state index contributed by atoms with van der Waals surface area (Å²) in [6, 6.07) is 0.618. The number of hydrogen-bond acceptors (Lipinski definition) is 4. The quantitative estimate of drug-likeness (QED) is 0.702. The van der Waals surface area contributed by atoms with Crippen molar-refractivity contribution in [2.45, 2.75) is 64.0 Å². The lowest BCUT2D eigenvalue weighted by Crippen LogP contribution is -2.43. The third kappa shape index (κ3) is 4.74. The molecule has 1 aliphatic heterocycles. The van der Waals surface area contributed by atoms with Gasteiger partial charge in [-0.25, -0.2) is 0 Å². The molecule has 0 N–H and O–H groups in total. The summed E-state index contributed by atoms with van der Waals surface area (Å²) in [5, 5.41) is 0. The monoisotopic (exact) mass is 283 g/mol. The molecule has 0 aromatic rings. The Hall–Kier alpha value is -0.610. The van der Waals surface area contributed by atoms with Crippen molar-refractivity contribution in [1.29, 1.82) is 0 Å². The van der Waals surface area contributed by atoms with Crippen LogP contribution in [0, 0.1) is 5.92 Å². The number of hydrogen-bond donors (Lipinski definition) is 0. The molecule has 3 unspecified atom stereocenters. The minimum Gasteiger partial charge on any atom is -0.469 e. The van der Waals surface area contributed by atoms with E-state index in [0.29, 0.717) is 18.6 Å². The van der Waals surface area contributed by atoms with Gasteiger partial charge in [-0.05, 0) is 31.6 Å². The third-order valence-electron chi connectivity index (χ3n) is 4.72. The van der Waals surface area contributed by atoms with E-state index in [1.807, 2.05) is 0 Å². The molecule has 0 aromatic carbocycles. The van der Waals surface area contributed by atoms with E-state index in [-0.39, 0.29) is 5.97 Å². The maximum Gasteiger partial charge on any atom is 0.306 e. The summed E-state index contributed by atoms with van der Waals surface area (Å²) in [6.07, 6.45) is 8.38. The van der Waals surface area contributed by atoms with Gasteiger partial charge in [0.15, 0.2) is 0 Å². The van der Waals surface area contributed by atoms with E-state index in [4.69, 9.17) is 9.47 Å². The molecule has 0 radical (unpaired) electrons. The van der Waals surface area contributed by atoms with Crippen LogP contribution in [0.1, 0.15) is 51.9 Å². The summed E-state index contributed by atoms with van der Waals surface area (Å²) >= 11 is 0. The average molecular weight is 283 g/mol. The van der Waals surface area contributed by atoms with Gasteiger partial charge in [-0.1, -0.05) is 19.8 Å². The van der Waals surface area contributed by atoms with Crippen molar-refractivity contribution in [1.82, 2.24) is 4.90 Å². The molecule has 4 nitrogen and oxygen atoms in total. The largest absolute Gasteiger partial charge is 0.469 e. The van der Waals surface area contributed by atoms with E-state index in [9.17, 15) is 4.79 Å². The molecule has 1 heterocycles. The zero-order chi connectivity index (χ0) is 14.4. The van der Waals surface area contributed by atoms with Crippen LogP contribution in [0.4, 0.5) is 0 Å².